The van der Waals surface area contributed by atoms with Crippen LogP contribution in [0.3, 0.4) is 0 Å². The lowest BCUT2D eigenvalue weighted by Gasteiger charge is -2.17. The van der Waals surface area contributed by atoms with Crippen molar-refractivity contribution in [3.05, 3.63) is 35.9 Å². The first-order valence-corrected chi connectivity index (χ1v) is 7.38. The van der Waals surface area contributed by atoms with Crippen LogP contribution in [0.5, 0.6) is 0 Å². The fourth-order valence-corrected chi connectivity index (χ4v) is 3.15. The molecular weight excluding hydrogens is 252 g/mol. The quantitative estimate of drug-likeness (QED) is 0.848. The molecule has 0 aromatic heterocycles. The van der Waals surface area contributed by atoms with Crippen LogP contribution in [0.1, 0.15) is 37.2 Å². The summed E-state index contributed by atoms with van der Waals surface area (Å²) in [6, 6.07) is 10.1. The normalized spacial score (nSPS) is 26.5. The third kappa shape index (κ3) is 2.61. The van der Waals surface area contributed by atoms with Gasteiger partial charge in [0.1, 0.15) is 0 Å². The molecule has 1 aromatic rings. The van der Waals surface area contributed by atoms with E-state index < -0.39 is 0 Å². The summed E-state index contributed by atoms with van der Waals surface area (Å²) in [5.74, 6) is -0.332. The van der Waals surface area contributed by atoms with Crippen molar-refractivity contribution in [2.45, 2.75) is 37.6 Å². The van der Waals surface area contributed by atoms with Crippen molar-refractivity contribution in [2.75, 3.05) is 13.1 Å². The standard InChI is InChI=1S/C16H20N2O2/c19-15-11-14(12-5-2-1-3-6-12)16(20)18(15)10-8-13-7-4-9-17-13/h1-3,5-6,13-14,17H,4,7-11H2. The molecule has 2 aliphatic rings. The van der Waals surface area contributed by atoms with E-state index in [2.05, 4.69) is 5.32 Å². The zero-order chi connectivity index (χ0) is 13.9. The van der Waals surface area contributed by atoms with Crippen molar-refractivity contribution in [1.29, 1.82) is 0 Å². The van der Waals surface area contributed by atoms with Crippen LogP contribution < -0.4 is 5.32 Å². The molecule has 1 aromatic carbocycles. The molecule has 2 atom stereocenters. The second kappa shape index (κ2) is 5.75. The number of hydrogen-bond donors (Lipinski definition) is 1. The molecule has 2 fully saturated rings. The average Bonchev–Trinajstić information content (AvgIpc) is 3.07. The van der Waals surface area contributed by atoms with E-state index in [0.29, 0.717) is 19.0 Å². The molecule has 0 spiro atoms. The highest BCUT2D eigenvalue weighted by Gasteiger charge is 2.39. The number of likely N-dealkylation sites (tertiary alicyclic amines) is 1. The van der Waals surface area contributed by atoms with Crippen molar-refractivity contribution in [3.8, 4) is 0 Å². The molecule has 0 radical (unpaired) electrons. The first-order chi connectivity index (χ1) is 9.75. The number of benzene rings is 1. The summed E-state index contributed by atoms with van der Waals surface area (Å²) in [7, 11) is 0. The van der Waals surface area contributed by atoms with Gasteiger partial charge in [0.15, 0.2) is 0 Å². The van der Waals surface area contributed by atoms with Crippen molar-refractivity contribution in [2.24, 2.45) is 0 Å². The van der Waals surface area contributed by atoms with Crippen LogP contribution in [0.2, 0.25) is 0 Å². The van der Waals surface area contributed by atoms with Gasteiger partial charge in [0, 0.05) is 19.0 Å². The molecule has 106 valence electrons. The lowest BCUT2D eigenvalue weighted by atomic mass is 9.98. The number of imide groups is 1. The molecule has 1 N–H and O–H groups in total. The van der Waals surface area contributed by atoms with Crippen LogP contribution in [0.25, 0.3) is 0 Å². The maximum Gasteiger partial charge on any atom is 0.237 e. The number of hydrogen-bond acceptors (Lipinski definition) is 3. The number of amides is 2. The third-order valence-corrected chi connectivity index (χ3v) is 4.31. The number of rotatable bonds is 4. The number of nitrogens with one attached hydrogen (secondary N) is 1. The van der Waals surface area contributed by atoms with E-state index in [4.69, 9.17) is 0 Å². The molecule has 3 rings (SSSR count). The van der Waals surface area contributed by atoms with Gasteiger partial charge in [0.05, 0.1) is 5.92 Å². The molecule has 2 saturated heterocycles. The van der Waals surface area contributed by atoms with Gasteiger partial charge >= 0.3 is 0 Å². The zero-order valence-corrected chi connectivity index (χ0v) is 11.5. The minimum atomic E-state index is -0.278. The first-order valence-electron chi connectivity index (χ1n) is 7.38. The Morgan fingerprint density at radius 1 is 1.20 bits per heavy atom. The molecule has 2 heterocycles. The Morgan fingerprint density at radius 3 is 2.70 bits per heavy atom. The Kier molecular flexibility index (Phi) is 3.83. The molecule has 2 unspecified atom stereocenters. The van der Waals surface area contributed by atoms with E-state index in [9.17, 15) is 9.59 Å². The van der Waals surface area contributed by atoms with Gasteiger partial charge in [-0.05, 0) is 31.4 Å². The molecule has 4 heteroatoms. The molecule has 2 amide bonds. The zero-order valence-electron chi connectivity index (χ0n) is 11.5. The summed E-state index contributed by atoms with van der Waals surface area (Å²) in [4.78, 5) is 25.9. The van der Waals surface area contributed by atoms with Gasteiger partial charge < -0.3 is 5.32 Å². The van der Waals surface area contributed by atoms with Crippen LogP contribution in [0.15, 0.2) is 30.3 Å². The van der Waals surface area contributed by atoms with E-state index in [0.717, 1.165) is 24.9 Å². The molecule has 4 nitrogen and oxygen atoms in total. The predicted molar refractivity (Wildman–Crippen MR) is 76.2 cm³/mol. The molecule has 2 aliphatic heterocycles. The third-order valence-electron chi connectivity index (χ3n) is 4.31. The maximum atomic E-state index is 12.4. The number of carbonyl (C=O) groups is 2. The Labute approximate surface area is 119 Å². The second-order valence-electron chi connectivity index (χ2n) is 5.63. The van der Waals surface area contributed by atoms with Gasteiger partial charge in [0.2, 0.25) is 11.8 Å². The summed E-state index contributed by atoms with van der Waals surface area (Å²) in [6.07, 6.45) is 3.54. The van der Waals surface area contributed by atoms with E-state index in [1.807, 2.05) is 30.3 Å². The molecule has 0 saturated carbocycles. The SMILES string of the molecule is O=C1CC(c2ccccc2)C(=O)N1CCC1CCCN1. The van der Waals surface area contributed by atoms with Crippen molar-refractivity contribution < 1.29 is 9.59 Å². The second-order valence-corrected chi connectivity index (χ2v) is 5.63. The van der Waals surface area contributed by atoms with Gasteiger partial charge in [-0.25, -0.2) is 0 Å². The first kappa shape index (κ1) is 13.3. The topological polar surface area (TPSA) is 49.4 Å². The summed E-state index contributed by atoms with van der Waals surface area (Å²) < 4.78 is 0. The van der Waals surface area contributed by atoms with Crippen LogP contribution >= 0.6 is 0 Å². The minimum absolute atomic E-state index is 0.0261. The van der Waals surface area contributed by atoms with Gasteiger partial charge in [-0.2, -0.15) is 0 Å². The molecule has 0 aliphatic carbocycles. The molecule has 20 heavy (non-hydrogen) atoms. The van der Waals surface area contributed by atoms with Crippen molar-refractivity contribution in [1.82, 2.24) is 10.2 Å². The average molecular weight is 272 g/mol. The summed E-state index contributed by atoms with van der Waals surface area (Å²) >= 11 is 0. The Bertz CT molecular complexity index is 494. The van der Waals surface area contributed by atoms with Gasteiger partial charge in [-0.1, -0.05) is 30.3 Å². The summed E-state index contributed by atoms with van der Waals surface area (Å²) in [5, 5.41) is 3.40. The van der Waals surface area contributed by atoms with E-state index in [1.54, 1.807) is 0 Å². The Hall–Kier alpha value is -1.68. The van der Waals surface area contributed by atoms with Gasteiger partial charge in [0.25, 0.3) is 0 Å². The number of carbonyl (C=O) groups excluding carboxylic acids is 2. The monoisotopic (exact) mass is 272 g/mol. The lowest BCUT2D eigenvalue weighted by Crippen LogP contribution is -2.35. The maximum absolute atomic E-state index is 12.4. The highest BCUT2D eigenvalue weighted by molar-refractivity contribution is 6.06. The van der Waals surface area contributed by atoms with E-state index in [1.165, 1.54) is 11.3 Å². The van der Waals surface area contributed by atoms with Gasteiger partial charge in [-0.15, -0.1) is 0 Å². The predicted octanol–water partition coefficient (Wildman–Crippen LogP) is 1.67. The summed E-state index contributed by atoms with van der Waals surface area (Å²) in [5.41, 5.74) is 0.951. The van der Waals surface area contributed by atoms with Gasteiger partial charge in [-0.3, -0.25) is 14.5 Å². The highest BCUT2D eigenvalue weighted by atomic mass is 16.2. The summed E-state index contributed by atoms with van der Waals surface area (Å²) in [6.45, 7) is 1.61. The smallest absolute Gasteiger partial charge is 0.237 e. The van der Waals surface area contributed by atoms with Crippen LogP contribution in [0, 0.1) is 0 Å². The molecular formula is C16H20N2O2. The largest absolute Gasteiger partial charge is 0.314 e. The van der Waals surface area contributed by atoms with E-state index in [-0.39, 0.29) is 17.7 Å². The van der Waals surface area contributed by atoms with E-state index >= 15 is 0 Å². The Morgan fingerprint density at radius 2 is 2.00 bits per heavy atom. The Balaban J connectivity index is 1.64. The lowest BCUT2D eigenvalue weighted by molar-refractivity contribution is -0.138. The highest BCUT2D eigenvalue weighted by Crippen LogP contribution is 2.29. The molecule has 0 bridgehead atoms. The fraction of sp³-hybridized carbons (Fsp3) is 0.500. The van der Waals surface area contributed by atoms with Crippen LogP contribution in [0.4, 0.5) is 0 Å². The van der Waals surface area contributed by atoms with Crippen LogP contribution in [-0.4, -0.2) is 35.8 Å². The minimum Gasteiger partial charge on any atom is -0.314 e. The van der Waals surface area contributed by atoms with Crippen molar-refractivity contribution in [3.63, 3.8) is 0 Å². The van der Waals surface area contributed by atoms with Crippen LogP contribution in [-0.2, 0) is 9.59 Å². The number of nitrogens with zero attached hydrogens (tertiary/aromatic N) is 1. The fourth-order valence-electron chi connectivity index (χ4n) is 3.15. The van der Waals surface area contributed by atoms with Crippen molar-refractivity contribution >= 4 is 11.8 Å².